The number of rotatable bonds is 10. The van der Waals surface area contributed by atoms with E-state index < -0.39 is 9.84 Å². The van der Waals surface area contributed by atoms with E-state index in [0.717, 1.165) is 38.3 Å². The molecule has 0 aromatic heterocycles. The Kier molecular flexibility index (Phi) is 7.75. The number of nitrogens with zero attached hydrogens (tertiary/aromatic N) is 1. The van der Waals surface area contributed by atoms with Gasteiger partial charge >= 0.3 is 0 Å². The van der Waals surface area contributed by atoms with E-state index in [-0.39, 0.29) is 5.75 Å². The molecule has 1 rings (SSSR count). The Bertz CT molecular complexity index is 494. The number of nitrogens with one attached hydrogen (secondary N) is 1. The van der Waals surface area contributed by atoms with Crippen LogP contribution in [0.3, 0.4) is 0 Å². The average molecular weight is 312 g/mol. The Morgan fingerprint density at radius 2 is 1.67 bits per heavy atom. The summed E-state index contributed by atoms with van der Waals surface area (Å²) in [7, 11) is -3.10. The van der Waals surface area contributed by atoms with Crippen LogP contribution in [-0.2, 0) is 9.84 Å². The van der Waals surface area contributed by atoms with Crippen LogP contribution in [0.25, 0.3) is 0 Å². The average Bonchev–Trinajstić information content (AvgIpc) is 2.48. The highest BCUT2D eigenvalue weighted by Gasteiger charge is 2.12. The molecule has 0 heterocycles. The SMILES string of the molecule is CCCS(=O)(=O)c1ccc(NCCCN(CC)CC)cc1. The molecule has 0 unspecified atom stereocenters. The van der Waals surface area contributed by atoms with Gasteiger partial charge in [0.25, 0.3) is 0 Å². The monoisotopic (exact) mass is 312 g/mol. The first-order chi connectivity index (χ1) is 10.0. The van der Waals surface area contributed by atoms with Crippen molar-refractivity contribution in [2.24, 2.45) is 0 Å². The molecule has 120 valence electrons. The van der Waals surface area contributed by atoms with E-state index in [1.165, 1.54) is 0 Å². The van der Waals surface area contributed by atoms with E-state index in [4.69, 9.17) is 0 Å². The van der Waals surface area contributed by atoms with E-state index >= 15 is 0 Å². The fraction of sp³-hybridized carbons (Fsp3) is 0.625. The second-order valence-corrected chi connectivity index (χ2v) is 7.26. The van der Waals surface area contributed by atoms with Gasteiger partial charge < -0.3 is 10.2 Å². The predicted octanol–water partition coefficient (Wildman–Crippen LogP) is 3.01. The summed E-state index contributed by atoms with van der Waals surface area (Å²) in [6, 6.07) is 7.08. The molecule has 0 aliphatic carbocycles. The first-order valence-corrected chi connectivity index (χ1v) is 9.47. The molecular weight excluding hydrogens is 284 g/mol. The summed E-state index contributed by atoms with van der Waals surface area (Å²) in [6.45, 7) is 10.4. The van der Waals surface area contributed by atoms with Crippen molar-refractivity contribution in [1.29, 1.82) is 0 Å². The maximum Gasteiger partial charge on any atom is 0.178 e. The fourth-order valence-electron chi connectivity index (χ4n) is 2.24. The van der Waals surface area contributed by atoms with Crippen LogP contribution in [0, 0.1) is 0 Å². The summed E-state index contributed by atoms with van der Waals surface area (Å²) in [5.74, 6) is 0.212. The molecule has 1 aromatic rings. The molecule has 0 amide bonds. The lowest BCUT2D eigenvalue weighted by atomic mass is 10.3. The van der Waals surface area contributed by atoms with Gasteiger partial charge in [-0.2, -0.15) is 0 Å². The second-order valence-electron chi connectivity index (χ2n) is 5.15. The summed E-state index contributed by atoms with van der Waals surface area (Å²) >= 11 is 0. The Balaban J connectivity index is 2.45. The van der Waals surface area contributed by atoms with E-state index in [9.17, 15) is 8.42 Å². The van der Waals surface area contributed by atoms with Gasteiger partial charge in [-0.1, -0.05) is 20.8 Å². The minimum absolute atomic E-state index is 0.212. The van der Waals surface area contributed by atoms with Gasteiger partial charge in [0.2, 0.25) is 0 Å². The van der Waals surface area contributed by atoms with E-state index in [1.54, 1.807) is 12.1 Å². The molecule has 4 nitrogen and oxygen atoms in total. The Morgan fingerprint density at radius 3 is 2.19 bits per heavy atom. The zero-order chi connectivity index (χ0) is 15.7. The first kappa shape index (κ1) is 18.0. The molecular formula is C16H28N2O2S. The van der Waals surface area contributed by atoms with Crippen molar-refractivity contribution in [2.75, 3.05) is 37.2 Å². The number of benzene rings is 1. The second kappa shape index (κ2) is 9.05. The van der Waals surface area contributed by atoms with Crippen molar-refractivity contribution in [3.05, 3.63) is 24.3 Å². The van der Waals surface area contributed by atoms with Crippen LogP contribution < -0.4 is 5.32 Å². The van der Waals surface area contributed by atoms with Crippen LogP contribution in [0.1, 0.15) is 33.6 Å². The molecule has 0 aliphatic heterocycles. The topological polar surface area (TPSA) is 49.4 Å². The van der Waals surface area contributed by atoms with Gasteiger partial charge in [-0.3, -0.25) is 0 Å². The Hall–Kier alpha value is -1.07. The van der Waals surface area contributed by atoms with Crippen LogP contribution in [0.15, 0.2) is 29.2 Å². The molecule has 21 heavy (non-hydrogen) atoms. The number of sulfone groups is 1. The molecule has 0 atom stereocenters. The van der Waals surface area contributed by atoms with Crippen molar-refractivity contribution in [1.82, 2.24) is 4.90 Å². The number of hydrogen-bond donors (Lipinski definition) is 1. The molecule has 0 bridgehead atoms. The minimum Gasteiger partial charge on any atom is -0.385 e. The third-order valence-electron chi connectivity index (χ3n) is 3.56. The molecule has 0 radical (unpaired) electrons. The van der Waals surface area contributed by atoms with Crippen molar-refractivity contribution in [3.8, 4) is 0 Å². The summed E-state index contributed by atoms with van der Waals surface area (Å²) in [6.07, 6.45) is 1.73. The van der Waals surface area contributed by atoms with Gasteiger partial charge in [0.1, 0.15) is 0 Å². The summed E-state index contributed by atoms with van der Waals surface area (Å²) in [5, 5.41) is 3.34. The smallest absolute Gasteiger partial charge is 0.178 e. The quantitative estimate of drug-likeness (QED) is 0.675. The van der Waals surface area contributed by atoms with Gasteiger partial charge in [-0.25, -0.2) is 8.42 Å². The molecule has 1 N–H and O–H groups in total. The van der Waals surface area contributed by atoms with Crippen molar-refractivity contribution in [3.63, 3.8) is 0 Å². The van der Waals surface area contributed by atoms with E-state index in [1.807, 2.05) is 19.1 Å². The fourth-order valence-corrected chi connectivity index (χ4v) is 3.57. The maximum atomic E-state index is 11.9. The summed E-state index contributed by atoms with van der Waals surface area (Å²) in [4.78, 5) is 2.81. The lowest BCUT2D eigenvalue weighted by Gasteiger charge is -2.18. The van der Waals surface area contributed by atoms with E-state index in [2.05, 4.69) is 24.1 Å². The zero-order valence-electron chi connectivity index (χ0n) is 13.4. The molecule has 0 saturated heterocycles. The standard InChI is InChI=1S/C16H28N2O2S/c1-4-14-21(19,20)16-10-8-15(9-11-16)17-12-7-13-18(5-2)6-3/h8-11,17H,4-7,12-14H2,1-3H3. The van der Waals surface area contributed by atoms with Gasteiger partial charge in [-0.05, 0) is 56.7 Å². The van der Waals surface area contributed by atoms with Crippen LogP contribution in [-0.4, -0.2) is 45.2 Å². The largest absolute Gasteiger partial charge is 0.385 e. The van der Waals surface area contributed by atoms with Crippen LogP contribution in [0.5, 0.6) is 0 Å². The molecule has 1 aromatic carbocycles. The molecule has 0 fully saturated rings. The maximum absolute atomic E-state index is 11.9. The minimum atomic E-state index is -3.10. The van der Waals surface area contributed by atoms with Crippen LogP contribution in [0.2, 0.25) is 0 Å². The van der Waals surface area contributed by atoms with Crippen molar-refractivity contribution in [2.45, 2.75) is 38.5 Å². The van der Waals surface area contributed by atoms with Gasteiger partial charge in [0, 0.05) is 12.2 Å². The van der Waals surface area contributed by atoms with Crippen molar-refractivity contribution < 1.29 is 8.42 Å². The Morgan fingerprint density at radius 1 is 1.05 bits per heavy atom. The normalized spacial score (nSPS) is 11.8. The zero-order valence-corrected chi connectivity index (χ0v) is 14.2. The summed E-state index contributed by atoms with van der Waals surface area (Å²) < 4.78 is 23.8. The molecule has 0 saturated carbocycles. The third kappa shape index (κ3) is 6.06. The lowest BCUT2D eigenvalue weighted by molar-refractivity contribution is 0.303. The Labute approximate surface area is 129 Å². The molecule has 0 aliphatic rings. The lowest BCUT2D eigenvalue weighted by Crippen LogP contribution is -2.25. The third-order valence-corrected chi connectivity index (χ3v) is 5.50. The van der Waals surface area contributed by atoms with Crippen LogP contribution >= 0.6 is 0 Å². The number of hydrogen-bond acceptors (Lipinski definition) is 4. The summed E-state index contributed by atoms with van der Waals surface area (Å²) in [5.41, 5.74) is 0.977. The van der Waals surface area contributed by atoms with Crippen LogP contribution in [0.4, 0.5) is 5.69 Å². The highest BCUT2D eigenvalue weighted by molar-refractivity contribution is 7.91. The highest BCUT2D eigenvalue weighted by atomic mass is 32.2. The van der Waals surface area contributed by atoms with Gasteiger partial charge in [0.05, 0.1) is 10.6 Å². The van der Waals surface area contributed by atoms with E-state index in [0.29, 0.717) is 11.3 Å². The first-order valence-electron chi connectivity index (χ1n) is 7.82. The van der Waals surface area contributed by atoms with Gasteiger partial charge in [-0.15, -0.1) is 0 Å². The van der Waals surface area contributed by atoms with Crippen molar-refractivity contribution >= 4 is 15.5 Å². The molecule has 5 heteroatoms. The number of anilines is 1. The predicted molar refractivity (Wildman–Crippen MR) is 89.7 cm³/mol. The molecule has 0 spiro atoms. The highest BCUT2D eigenvalue weighted by Crippen LogP contribution is 2.16. The van der Waals surface area contributed by atoms with Gasteiger partial charge in [0.15, 0.2) is 9.84 Å².